The normalized spacial score (nSPS) is 21.9. The molecule has 1 fully saturated rings. The molecule has 0 saturated carbocycles. The number of rotatable bonds is 5. The number of benzene rings is 1. The second kappa shape index (κ2) is 6.59. The lowest BCUT2D eigenvalue weighted by Crippen LogP contribution is -2.34. The summed E-state index contributed by atoms with van der Waals surface area (Å²) in [6.45, 7) is 9.07. The molecule has 126 valence electrons. The maximum absolute atomic E-state index is 10.4. The van der Waals surface area contributed by atoms with Gasteiger partial charge in [0.1, 0.15) is 0 Å². The third-order valence-corrected chi connectivity index (χ3v) is 5.10. The Bertz CT molecular complexity index is 680. The molecule has 3 atom stereocenters. The van der Waals surface area contributed by atoms with E-state index in [-0.39, 0.29) is 6.10 Å². The molecule has 1 saturated heterocycles. The first-order valence-electron chi connectivity index (χ1n) is 8.44. The lowest BCUT2D eigenvalue weighted by molar-refractivity contribution is 0.0955. The molecule has 0 amide bonds. The zero-order valence-electron chi connectivity index (χ0n) is 14.2. The molecule has 1 aliphatic heterocycles. The van der Waals surface area contributed by atoms with Crippen LogP contribution in [0.4, 0.5) is 0 Å². The lowest BCUT2D eigenvalue weighted by Gasteiger charge is -2.21. The van der Waals surface area contributed by atoms with Crippen molar-refractivity contribution in [1.29, 1.82) is 0 Å². The van der Waals surface area contributed by atoms with Gasteiger partial charge in [-0.25, -0.2) is 4.98 Å². The number of aliphatic hydroxyl groups excluding tert-OH is 2. The van der Waals surface area contributed by atoms with Crippen LogP contribution in [0.2, 0.25) is 0 Å². The molecule has 23 heavy (non-hydrogen) atoms. The molecular weight excluding hydrogens is 290 g/mol. The maximum Gasteiger partial charge on any atom is 0.0959 e. The number of nitrogens with zero attached hydrogens (tertiary/aromatic N) is 3. The van der Waals surface area contributed by atoms with Crippen molar-refractivity contribution in [2.45, 2.75) is 45.9 Å². The van der Waals surface area contributed by atoms with E-state index in [2.05, 4.69) is 35.9 Å². The van der Waals surface area contributed by atoms with Crippen molar-refractivity contribution >= 4 is 11.0 Å². The molecule has 2 aromatic rings. The quantitative estimate of drug-likeness (QED) is 0.881. The number of hydrogen-bond donors (Lipinski definition) is 2. The molecule has 0 bridgehead atoms. The summed E-state index contributed by atoms with van der Waals surface area (Å²) in [5, 5.41) is 20.1. The monoisotopic (exact) mass is 317 g/mol. The van der Waals surface area contributed by atoms with Gasteiger partial charge in [-0.05, 0) is 62.9 Å². The summed E-state index contributed by atoms with van der Waals surface area (Å²) in [7, 11) is 0. The topological polar surface area (TPSA) is 61.5 Å². The largest absolute Gasteiger partial charge is 0.393 e. The standard InChI is InChI=1S/C18H27N3O2/c1-12-6-17-18(7-13(12)2)21(11-19-17)10-16(23)9-20-5-4-15(8-20)14(3)22/h6-7,11,14-16,22-23H,4-5,8-10H2,1-3H3. The van der Waals surface area contributed by atoms with E-state index in [4.69, 9.17) is 0 Å². The second-order valence-corrected chi connectivity index (χ2v) is 7.02. The second-order valence-electron chi connectivity index (χ2n) is 7.02. The number of hydrogen-bond acceptors (Lipinski definition) is 4. The Balaban J connectivity index is 1.64. The number of aromatic nitrogens is 2. The van der Waals surface area contributed by atoms with Gasteiger partial charge in [0.2, 0.25) is 0 Å². The van der Waals surface area contributed by atoms with Gasteiger partial charge in [0, 0.05) is 13.1 Å². The van der Waals surface area contributed by atoms with E-state index in [0.717, 1.165) is 30.5 Å². The first-order chi connectivity index (χ1) is 10.9. The minimum atomic E-state index is -0.429. The predicted octanol–water partition coefficient (Wildman–Crippen LogP) is 1.72. The Morgan fingerprint density at radius 1 is 1.22 bits per heavy atom. The molecule has 0 aliphatic carbocycles. The van der Waals surface area contributed by atoms with E-state index in [9.17, 15) is 10.2 Å². The van der Waals surface area contributed by atoms with Crippen LogP contribution in [-0.2, 0) is 6.54 Å². The molecule has 2 N–H and O–H groups in total. The summed E-state index contributed by atoms with van der Waals surface area (Å²) in [4.78, 5) is 6.69. The molecular formula is C18H27N3O2. The highest BCUT2D eigenvalue weighted by Gasteiger charge is 2.27. The van der Waals surface area contributed by atoms with Gasteiger partial charge in [-0.1, -0.05) is 0 Å². The summed E-state index contributed by atoms with van der Waals surface area (Å²) in [5.74, 6) is 0.335. The number of aliphatic hydroxyl groups is 2. The Morgan fingerprint density at radius 3 is 2.65 bits per heavy atom. The van der Waals surface area contributed by atoms with Gasteiger partial charge in [-0.15, -0.1) is 0 Å². The summed E-state index contributed by atoms with van der Waals surface area (Å²) in [6, 6.07) is 4.24. The van der Waals surface area contributed by atoms with Crippen molar-refractivity contribution < 1.29 is 10.2 Å². The Labute approximate surface area is 137 Å². The molecule has 1 aromatic carbocycles. The minimum absolute atomic E-state index is 0.263. The first kappa shape index (κ1) is 16.4. The number of β-amino-alcohol motifs (C(OH)–C–C–N with tert-alkyl or cyclic N) is 1. The Kier molecular flexibility index (Phi) is 4.71. The van der Waals surface area contributed by atoms with E-state index >= 15 is 0 Å². The van der Waals surface area contributed by atoms with Gasteiger partial charge < -0.3 is 19.7 Å². The van der Waals surface area contributed by atoms with E-state index in [1.807, 2.05) is 17.8 Å². The molecule has 3 rings (SSSR count). The van der Waals surface area contributed by atoms with Crippen LogP contribution < -0.4 is 0 Å². The van der Waals surface area contributed by atoms with E-state index in [1.54, 1.807) is 0 Å². The number of aryl methyl sites for hydroxylation is 2. The molecule has 2 heterocycles. The van der Waals surface area contributed by atoms with Gasteiger partial charge in [0.25, 0.3) is 0 Å². The van der Waals surface area contributed by atoms with E-state index in [0.29, 0.717) is 19.0 Å². The van der Waals surface area contributed by atoms with Crippen molar-refractivity contribution in [2.24, 2.45) is 5.92 Å². The summed E-state index contributed by atoms with van der Waals surface area (Å²) >= 11 is 0. The zero-order valence-corrected chi connectivity index (χ0v) is 14.2. The Hall–Kier alpha value is -1.43. The van der Waals surface area contributed by atoms with Crippen LogP contribution >= 0.6 is 0 Å². The molecule has 1 aromatic heterocycles. The third-order valence-electron chi connectivity index (χ3n) is 5.10. The smallest absolute Gasteiger partial charge is 0.0959 e. The average molecular weight is 317 g/mol. The molecule has 5 nitrogen and oxygen atoms in total. The van der Waals surface area contributed by atoms with E-state index < -0.39 is 6.10 Å². The number of fused-ring (bicyclic) bond motifs is 1. The van der Waals surface area contributed by atoms with Crippen molar-refractivity contribution in [1.82, 2.24) is 14.5 Å². The highest BCUT2D eigenvalue weighted by molar-refractivity contribution is 5.77. The fourth-order valence-electron chi connectivity index (χ4n) is 3.46. The minimum Gasteiger partial charge on any atom is -0.393 e. The van der Waals surface area contributed by atoms with Gasteiger partial charge in [0.15, 0.2) is 0 Å². The number of likely N-dealkylation sites (tertiary alicyclic amines) is 1. The molecule has 0 spiro atoms. The molecule has 3 unspecified atom stereocenters. The third kappa shape index (κ3) is 3.57. The fourth-order valence-corrected chi connectivity index (χ4v) is 3.46. The summed E-state index contributed by atoms with van der Waals surface area (Å²) < 4.78 is 2.04. The van der Waals surface area contributed by atoms with E-state index in [1.165, 1.54) is 11.1 Å². The predicted molar refractivity (Wildman–Crippen MR) is 91.4 cm³/mol. The van der Waals surface area contributed by atoms with Crippen molar-refractivity contribution in [3.05, 3.63) is 29.6 Å². The van der Waals surface area contributed by atoms with Gasteiger partial charge in [0.05, 0.1) is 36.1 Å². The van der Waals surface area contributed by atoms with Crippen LogP contribution in [-0.4, -0.2) is 56.5 Å². The molecule has 5 heteroatoms. The van der Waals surface area contributed by atoms with Crippen LogP contribution in [0.5, 0.6) is 0 Å². The van der Waals surface area contributed by atoms with Gasteiger partial charge >= 0.3 is 0 Å². The van der Waals surface area contributed by atoms with Gasteiger partial charge in [-0.3, -0.25) is 0 Å². The van der Waals surface area contributed by atoms with Crippen molar-refractivity contribution in [3.8, 4) is 0 Å². The summed E-state index contributed by atoms with van der Waals surface area (Å²) in [5.41, 5.74) is 4.55. The maximum atomic E-state index is 10.4. The van der Waals surface area contributed by atoms with Crippen LogP contribution in [0.15, 0.2) is 18.5 Å². The SMILES string of the molecule is Cc1cc2ncn(CC(O)CN3CCC(C(C)O)C3)c2cc1C. The van der Waals surface area contributed by atoms with Crippen molar-refractivity contribution in [3.63, 3.8) is 0 Å². The van der Waals surface area contributed by atoms with Crippen LogP contribution in [0.1, 0.15) is 24.5 Å². The Morgan fingerprint density at radius 2 is 1.96 bits per heavy atom. The highest BCUT2D eigenvalue weighted by atomic mass is 16.3. The highest BCUT2D eigenvalue weighted by Crippen LogP contribution is 2.21. The first-order valence-corrected chi connectivity index (χ1v) is 8.44. The van der Waals surface area contributed by atoms with Gasteiger partial charge in [-0.2, -0.15) is 0 Å². The molecule has 1 aliphatic rings. The number of imidazole rings is 1. The zero-order chi connectivity index (χ0) is 16.6. The average Bonchev–Trinajstić information content (AvgIpc) is 3.08. The summed E-state index contributed by atoms with van der Waals surface area (Å²) in [6.07, 6.45) is 2.13. The van der Waals surface area contributed by atoms with Crippen molar-refractivity contribution in [2.75, 3.05) is 19.6 Å². The van der Waals surface area contributed by atoms with Crippen LogP contribution in [0.25, 0.3) is 11.0 Å². The molecule has 0 radical (unpaired) electrons. The fraction of sp³-hybridized carbons (Fsp3) is 0.611. The lowest BCUT2D eigenvalue weighted by atomic mass is 10.0. The van der Waals surface area contributed by atoms with Crippen LogP contribution in [0, 0.1) is 19.8 Å². The van der Waals surface area contributed by atoms with Crippen LogP contribution in [0.3, 0.4) is 0 Å².